The monoisotopic (exact) mass is 559 g/mol. The van der Waals surface area contributed by atoms with E-state index in [1.807, 2.05) is 6.92 Å². The van der Waals surface area contributed by atoms with Crippen molar-refractivity contribution in [3.05, 3.63) is 41.5 Å². The number of carbonyl (C=O) groups is 2. The van der Waals surface area contributed by atoms with Crippen LogP contribution in [0, 0.1) is 40.4 Å². The topological polar surface area (TPSA) is 46.2 Å². The van der Waals surface area contributed by atoms with E-state index in [9.17, 15) is 35.9 Å². The van der Waals surface area contributed by atoms with Crippen LogP contribution in [-0.2, 0) is 21.9 Å². The number of amides is 1. The van der Waals surface area contributed by atoms with Gasteiger partial charge in [-0.15, -0.1) is 0 Å². The summed E-state index contributed by atoms with van der Waals surface area (Å²) in [6, 6.07) is 2.16. The fourth-order valence-electron chi connectivity index (χ4n) is 8.38. The van der Waals surface area contributed by atoms with Gasteiger partial charge in [0.15, 0.2) is 0 Å². The first-order chi connectivity index (χ1) is 17.6. The van der Waals surface area contributed by atoms with E-state index in [0.717, 1.165) is 31.4 Å². The standard InChI is InChI=1S/C28H31F6NO2S/c1-14-13-20-26(3,12-10-21(36)38-20)16-9-11-25(2)15(22(14)16)7-8-18(25)24(37)35-19-6-4-5-17(27(29,30)31)23(19)28(32,33)34/h4-6,10,12,14-16,18,20,22H,7-9,11,13H2,1-3H3,(H,35,37)/t14-,15-,16-,18+,20+,22-,25-,26+/m0/s1. The molecule has 10 heteroatoms. The van der Waals surface area contributed by atoms with Gasteiger partial charge in [-0.05, 0) is 79.4 Å². The van der Waals surface area contributed by atoms with Crippen molar-refractivity contribution in [2.75, 3.05) is 5.32 Å². The Morgan fingerprint density at radius 1 is 1.03 bits per heavy atom. The maximum absolute atomic E-state index is 13.8. The lowest BCUT2D eigenvalue weighted by atomic mass is 9.47. The number of rotatable bonds is 2. The molecule has 8 atom stereocenters. The number of benzene rings is 1. The van der Waals surface area contributed by atoms with E-state index in [2.05, 4.69) is 25.2 Å². The zero-order chi connectivity index (χ0) is 27.8. The van der Waals surface area contributed by atoms with Gasteiger partial charge in [-0.2, -0.15) is 26.3 Å². The molecule has 0 spiro atoms. The fourth-order valence-corrected chi connectivity index (χ4v) is 9.72. The molecule has 5 rings (SSSR count). The summed E-state index contributed by atoms with van der Waals surface area (Å²) < 4.78 is 81.5. The average Bonchev–Trinajstić information content (AvgIpc) is 3.16. The molecule has 208 valence electrons. The third kappa shape index (κ3) is 4.29. The normalized spacial score (nSPS) is 38.8. The van der Waals surface area contributed by atoms with Crippen molar-refractivity contribution in [1.82, 2.24) is 0 Å². The van der Waals surface area contributed by atoms with E-state index in [-0.39, 0.29) is 21.7 Å². The van der Waals surface area contributed by atoms with E-state index < -0.39 is 46.4 Å². The molecule has 1 aromatic carbocycles. The van der Waals surface area contributed by atoms with Crippen LogP contribution in [0.15, 0.2) is 30.4 Å². The van der Waals surface area contributed by atoms with Crippen LogP contribution in [0.25, 0.3) is 0 Å². The van der Waals surface area contributed by atoms with Crippen molar-refractivity contribution >= 4 is 28.5 Å². The van der Waals surface area contributed by atoms with Crippen LogP contribution in [0.1, 0.15) is 64.0 Å². The molecule has 0 unspecified atom stereocenters. The zero-order valence-electron chi connectivity index (χ0n) is 21.4. The van der Waals surface area contributed by atoms with Gasteiger partial charge in [0.25, 0.3) is 0 Å². The Labute approximate surface area is 222 Å². The van der Waals surface area contributed by atoms with Crippen molar-refractivity contribution < 1.29 is 35.9 Å². The molecule has 38 heavy (non-hydrogen) atoms. The van der Waals surface area contributed by atoms with E-state index in [0.29, 0.717) is 36.7 Å². The molecule has 3 nitrogen and oxygen atoms in total. The molecule has 1 heterocycles. The third-order valence-electron chi connectivity index (χ3n) is 10.1. The first-order valence-electron chi connectivity index (χ1n) is 13.1. The number of nitrogens with one attached hydrogen (secondary N) is 1. The predicted molar refractivity (Wildman–Crippen MR) is 133 cm³/mol. The summed E-state index contributed by atoms with van der Waals surface area (Å²) >= 11 is 1.40. The van der Waals surface area contributed by atoms with Gasteiger partial charge in [0.2, 0.25) is 11.0 Å². The smallest absolute Gasteiger partial charge is 0.325 e. The van der Waals surface area contributed by atoms with Crippen LogP contribution in [-0.4, -0.2) is 16.3 Å². The van der Waals surface area contributed by atoms with Crippen LogP contribution < -0.4 is 5.32 Å². The molecule has 3 fully saturated rings. The maximum atomic E-state index is 13.8. The number of halogens is 6. The molecule has 4 aliphatic rings. The van der Waals surface area contributed by atoms with Crippen molar-refractivity contribution in [3.63, 3.8) is 0 Å². The Morgan fingerprint density at radius 2 is 1.74 bits per heavy atom. The molecule has 1 aliphatic heterocycles. The first-order valence-corrected chi connectivity index (χ1v) is 13.9. The summed E-state index contributed by atoms with van der Waals surface area (Å²) in [5.74, 6) is -0.135. The Bertz CT molecular complexity index is 1180. The predicted octanol–water partition coefficient (Wildman–Crippen LogP) is 7.97. The van der Waals surface area contributed by atoms with E-state index in [1.165, 1.54) is 11.8 Å². The molecular weight excluding hydrogens is 528 g/mol. The minimum atomic E-state index is -5.29. The number of hydrogen-bond donors (Lipinski definition) is 1. The van der Waals surface area contributed by atoms with E-state index >= 15 is 0 Å². The highest BCUT2D eigenvalue weighted by molar-refractivity contribution is 8.14. The summed E-state index contributed by atoms with van der Waals surface area (Å²) in [7, 11) is 0. The lowest BCUT2D eigenvalue weighted by Crippen LogP contribution is -2.56. The summed E-state index contributed by atoms with van der Waals surface area (Å²) in [5.41, 5.74) is -5.13. The van der Waals surface area contributed by atoms with Crippen molar-refractivity contribution in [1.29, 1.82) is 0 Å². The maximum Gasteiger partial charge on any atom is 0.419 e. The number of hydrogen-bond acceptors (Lipinski definition) is 3. The van der Waals surface area contributed by atoms with Gasteiger partial charge in [-0.25, -0.2) is 0 Å². The van der Waals surface area contributed by atoms with E-state index in [4.69, 9.17) is 0 Å². The van der Waals surface area contributed by atoms with Crippen molar-refractivity contribution in [2.45, 2.75) is 70.5 Å². The Morgan fingerprint density at radius 3 is 2.39 bits per heavy atom. The minimum Gasteiger partial charge on any atom is -0.325 e. The molecule has 1 aromatic rings. The number of carbonyl (C=O) groups excluding carboxylic acids is 2. The lowest BCUT2D eigenvalue weighted by Gasteiger charge is -2.60. The molecule has 0 bridgehead atoms. The SMILES string of the molecule is C[C@H]1C[C@H]2SC(=O)C=C[C@]2(C)[C@H]2CC[C@]3(C)[C@@H](C(=O)Nc4cccc(C(F)(F)F)c4C(F)(F)F)CC[C@H]3[C@H]12. The number of anilines is 1. The molecule has 3 saturated carbocycles. The van der Waals surface area contributed by atoms with Gasteiger partial charge in [0.1, 0.15) is 0 Å². The van der Waals surface area contributed by atoms with Gasteiger partial charge in [0, 0.05) is 16.6 Å². The molecule has 0 aromatic heterocycles. The molecular formula is C28H31F6NO2S. The van der Waals surface area contributed by atoms with Crippen LogP contribution in [0.4, 0.5) is 32.0 Å². The highest BCUT2D eigenvalue weighted by Crippen LogP contribution is 2.67. The molecule has 1 amide bonds. The van der Waals surface area contributed by atoms with E-state index in [1.54, 1.807) is 6.08 Å². The summed E-state index contributed by atoms with van der Waals surface area (Å²) in [5, 5.41) is 2.53. The van der Waals surface area contributed by atoms with Crippen molar-refractivity contribution in [3.8, 4) is 0 Å². The zero-order valence-corrected chi connectivity index (χ0v) is 22.2. The Kier molecular flexibility index (Phi) is 6.56. The first kappa shape index (κ1) is 27.6. The second kappa shape index (κ2) is 9.03. The third-order valence-corrected chi connectivity index (χ3v) is 11.5. The van der Waals surface area contributed by atoms with Gasteiger partial charge < -0.3 is 5.32 Å². The highest BCUT2D eigenvalue weighted by Gasteiger charge is 2.62. The highest BCUT2D eigenvalue weighted by atomic mass is 32.2. The quantitative estimate of drug-likeness (QED) is 0.374. The second-order valence-electron chi connectivity index (χ2n) is 12.0. The number of thioether (sulfide) groups is 1. The second-order valence-corrected chi connectivity index (χ2v) is 13.2. The molecule has 0 radical (unpaired) electrons. The van der Waals surface area contributed by atoms with Gasteiger partial charge in [0.05, 0.1) is 16.8 Å². The van der Waals surface area contributed by atoms with Crippen LogP contribution >= 0.6 is 11.8 Å². The molecule has 1 N–H and O–H groups in total. The van der Waals surface area contributed by atoms with Crippen LogP contribution in [0.3, 0.4) is 0 Å². The fraction of sp³-hybridized carbons (Fsp3) is 0.643. The number of fused-ring (bicyclic) bond motifs is 5. The summed E-state index contributed by atoms with van der Waals surface area (Å²) in [4.78, 5) is 25.6. The Balaban J connectivity index is 1.43. The van der Waals surface area contributed by atoms with Gasteiger partial charge in [-0.3, -0.25) is 9.59 Å². The van der Waals surface area contributed by atoms with Crippen LogP contribution in [0.2, 0.25) is 0 Å². The Hall–Kier alpha value is -1.97. The number of allylic oxidation sites excluding steroid dienone is 1. The molecule has 3 aliphatic carbocycles. The largest absolute Gasteiger partial charge is 0.419 e. The number of alkyl halides is 6. The molecule has 0 saturated heterocycles. The summed E-state index contributed by atoms with van der Waals surface area (Å²) in [6.07, 6.45) is -3.14. The van der Waals surface area contributed by atoms with Gasteiger partial charge in [-0.1, -0.05) is 44.7 Å². The summed E-state index contributed by atoms with van der Waals surface area (Å²) in [6.45, 7) is 6.43. The van der Waals surface area contributed by atoms with Gasteiger partial charge >= 0.3 is 12.4 Å². The van der Waals surface area contributed by atoms with Crippen molar-refractivity contribution in [2.24, 2.45) is 40.4 Å². The minimum absolute atomic E-state index is 0.0733. The lowest BCUT2D eigenvalue weighted by molar-refractivity contribution is -0.161. The van der Waals surface area contributed by atoms with Crippen LogP contribution in [0.5, 0.6) is 0 Å². The average molecular weight is 560 g/mol.